The minimum absolute atomic E-state index is 0.161. The second-order valence-electron chi connectivity index (χ2n) is 6.62. The molecule has 0 aliphatic rings. The highest BCUT2D eigenvalue weighted by atomic mass is 16.1. The molecule has 0 bridgehead atoms. The van der Waals surface area contributed by atoms with Gasteiger partial charge in [-0.05, 0) is 43.0 Å². The summed E-state index contributed by atoms with van der Waals surface area (Å²) in [6.07, 6.45) is 3.80. The Labute approximate surface area is 160 Å². The van der Waals surface area contributed by atoms with Gasteiger partial charge in [-0.3, -0.25) is 4.79 Å². The number of benzene rings is 2. The van der Waals surface area contributed by atoms with Crippen LogP contribution in [0.25, 0.3) is 0 Å². The number of carbonyl (C=O) groups is 1. The van der Waals surface area contributed by atoms with E-state index in [2.05, 4.69) is 39.9 Å². The van der Waals surface area contributed by atoms with Crippen LogP contribution in [0, 0.1) is 6.92 Å². The van der Waals surface area contributed by atoms with Crippen molar-refractivity contribution >= 4 is 11.6 Å². The molecule has 1 aromatic heterocycles. The van der Waals surface area contributed by atoms with Crippen LogP contribution in [0.3, 0.4) is 0 Å². The van der Waals surface area contributed by atoms with E-state index >= 15 is 0 Å². The maximum Gasteiger partial charge on any atom is 0.270 e. The first kappa shape index (κ1) is 18.6. The Morgan fingerprint density at radius 1 is 0.926 bits per heavy atom. The Bertz CT molecular complexity index is 843. The van der Waals surface area contributed by atoms with Gasteiger partial charge in [0.25, 0.3) is 5.91 Å². The van der Waals surface area contributed by atoms with E-state index in [-0.39, 0.29) is 5.91 Å². The molecule has 4 heteroatoms. The van der Waals surface area contributed by atoms with Crippen LogP contribution < -0.4 is 10.6 Å². The summed E-state index contributed by atoms with van der Waals surface area (Å²) >= 11 is 0. The first-order valence-corrected chi connectivity index (χ1v) is 9.28. The van der Waals surface area contributed by atoms with E-state index in [4.69, 9.17) is 0 Å². The predicted octanol–water partition coefficient (Wildman–Crippen LogP) is 4.36. The Kier molecular flexibility index (Phi) is 6.58. The number of nitrogens with one attached hydrogen (secondary N) is 2. The van der Waals surface area contributed by atoms with Gasteiger partial charge in [-0.25, -0.2) is 4.98 Å². The van der Waals surface area contributed by atoms with Crippen LogP contribution in [0.4, 0.5) is 5.69 Å². The van der Waals surface area contributed by atoms with Gasteiger partial charge in [0.2, 0.25) is 0 Å². The van der Waals surface area contributed by atoms with Gasteiger partial charge in [0.15, 0.2) is 0 Å². The second-order valence-corrected chi connectivity index (χ2v) is 6.62. The molecule has 0 unspecified atom stereocenters. The summed E-state index contributed by atoms with van der Waals surface area (Å²) in [6, 6.07) is 22.2. The van der Waals surface area contributed by atoms with Gasteiger partial charge in [0, 0.05) is 13.1 Å². The smallest absolute Gasteiger partial charge is 0.270 e. The third-order valence-electron chi connectivity index (χ3n) is 4.38. The first-order valence-electron chi connectivity index (χ1n) is 9.28. The van der Waals surface area contributed by atoms with E-state index in [1.54, 1.807) is 12.3 Å². The summed E-state index contributed by atoms with van der Waals surface area (Å²) in [5.41, 5.74) is 4.98. The number of anilines is 1. The number of pyridine rings is 1. The number of hydrogen-bond acceptors (Lipinski definition) is 3. The fraction of sp³-hybridized carbons (Fsp3) is 0.217. The molecule has 0 aliphatic carbocycles. The van der Waals surface area contributed by atoms with Crippen LogP contribution in [0.5, 0.6) is 0 Å². The Hall–Kier alpha value is -3.14. The quantitative estimate of drug-likeness (QED) is 0.588. The van der Waals surface area contributed by atoms with E-state index in [0.717, 1.165) is 30.6 Å². The van der Waals surface area contributed by atoms with Crippen LogP contribution in [0.15, 0.2) is 72.9 Å². The fourth-order valence-corrected chi connectivity index (χ4v) is 2.78. The molecule has 1 amide bonds. The van der Waals surface area contributed by atoms with Gasteiger partial charge in [0.1, 0.15) is 5.69 Å². The summed E-state index contributed by atoms with van der Waals surface area (Å²) in [6.45, 7) is 3.42. The van der Waals surface area contributed by atoms with E-state index in [9.17, 15) is 4.79 Å². The molecule has 3 aromatic rings. The molecule has 0 fully saturated rings. The molecule has 4 nitrogen and oxygen atoms in total. The zero-order valence-electron chi connectivity index (χ0n) is 15.6. The molecule has 3 rings (SSSR count). The van der Waals surface area contributed by atoms with Crippen molar-refractivity contribution in [1.82, 2.24) is 10.3 Å². The molecule has 0 aliphatic heterocycles. The summed E-state index contributed by atoms with van der Waals surface area (Å²) in [5.74, 6) is -0.161. The topological polar surface area (TPSA) is 54.0 Å². The van der Waals surface area contributed by atoms with E-state index in [1.807, 2.05) is 43.3 Å². The van der Waals surface area contributed by atoms with Crippen LogP contribution in [-0.2, 0) is 13.0 Å². The predicted molar refractivity (Wildman–Crippen MR) is 110 cm³/mol. The minimum Gasteiger partial charge on any atom is -0.384 e. The molecule has 0 spiro atoms. The third kappa shape index (κ3) is 5.96. The Morgan fingerprint density at radius 3 is 2.41 bits per heavy atom. The molecule has 27 heavy (non-hydrogen) atoms. The summed E-state index contributed by atoms with van der Waals surface area (Å²) in [5, 5.41) is 6.25. The van der Waals surface area contributed by atoms with Gasteiger partial charge in [-0.15, -0.1) is 0 Å². The zero-order valence-corrected chi connectivity index (χ0v) is 15.6. The van der Waals surface area contributed by atoms with Crippen molar-refractivity contribution in [2.45, 2.75) is 26.3 Å². The largest absolute Gasteiger partial charge is 0.384 e. The highest BCUT2D eigenvalue weighted by molar-refractivity contribution is 5.92. The van der Waals surface area contributed by atoms with Crippen LogP contribution in [-0.4, -0.2) is 17.4 Å². The van der Waals surface area contributed by atoms with Crippen molar-refractivity contribution in [2.24, 2.45) is 0 Å². The van der Waals surface area contributed by atoms with Gasteiger partial charge in [-0.1, -0.05) is 60.2 Å². The van der Waals surface area contributed by atoms with Crippen molar-refractivity contribution in [3.8, 4) is 0 Å². The lowest BCUT2D eigenvalue weighted by Crippen LogP contribution is -2.23. The van der Waals surface area contributed by atoms with Gasteiger partial charge in [0.05, 0.1) is 11.9 Å². The first-order chi connectivity index (χ1) is 13.2. The maximum absolute atomic E-state index is 12.2. The van der Waals surface area contributed by atoms with Crippen molar-refractivity contribution in [1.29, 1.82) is 0 Å². The van der Waals surface area contributed by atoms with E-state index in [1.165, 1.54) is 11.1 Å². The van der Waals surface area contributed by atoms with Crippen molar-refractivity contribution in [3.05, 3.63) is 95.3 Å². The highest BCUT2D eigenvalue weighted by Crippen LogP contribution is 2.08. The highest BCUT2D eigenvalue weighted by Gasteiger charge is 2.06. The summed E-state index contributed by atoms with van der Waals surface area (Å²) in [4.78, 5) is 16.5. The average molecular weight is 359 g/mol. The lowest BCUT2D eigenvalue weighted by atomic mass is 10.1. The fourth-order valence-electron chi connectivity index (χ4n) is 2.78. The maximum atomic E-state index is 12.2. The molecule has 1 heterocycles. The van der Waals surface area contributed by atoms with Crippen molar-refractivity contribution < 1.29 is 4.79 Å². The second kappa shape index (κ2) is 9.53. The molecular formula is C23H25N3O. The molecular weight excluding hydrogens is 334 g/mol. The van der Waals surface area contributed by atoms with Gasteiger partial charge < -0.3 is 10.6 Å². The molecule has 0 saturated heterocycles. The summed E-state index contributed by atoms with van der Waals surface area (Å²) in [7, 11) is 0. The number of aryl methyl sites for hydroxylation is 2. The number of aromatic nitrogens is 1. The Balaban J connectivity index is 1.42. The Morgan fingerprint density at radius 2 is 1.70 bits per heavy atom. The molecule has 138 valence electrons. The molecule has 0 radical (unpaired) electrons. The van der Waals surface area contributed by atoms with E-state index in [0.29, 0.717) is 12.2 Å². The molecule has 0 saturated carbocycles. The minimum atomic E-state index is -0.161. The van der Waals surface area contributed by atoms with Crippen LogP contribution in [0.1, 0.15) is 33.6 Å². The van der Waals surface area contributed by atoms with Gasteiger partial charge in [-0.2, -0.15) is 0 Å². The number of rotatable bonds is 8. The number of hydrogen-bond donors (Lipinski definition) is 2. The number of amides is 1. The lowest BCUT2D eigenvalue weighted by molar-refractivity contribution is 0.0946. The summed E-state index contributed by atoms with van der Waals surface area (Å²) < 4.78 is 0. The molecule has 0 atom stereocenters. The van der Waals surface area contributed by atoms with Crippen molar-refractivity contribution in [2.75, 3.05) is 11.9 Å². The number of nitrogens with zero attached hydrogens (tertiary/aromatic N) is 1. The molecule has 2 aromatic carbocycles. The normalized spacial score (nSPS) is 10.4. The van der Waals surface area contributed by atoms with Crippen molar-refractivity contribution in [3.63, 3.8) is 0 Å². The third-order valence-corrected chi connectivity index (χ3v) is 4.38. The standard InChI is InChI=1S/C23H25N3O/c1-18-9-11-20(12-10-18)16-26-23(27)22-14-13-21(17-25-22)24-15-5-8-19-6-3-2-4-7-19/h2-4,6-7,9-14,17,24H,5,8,15-16H2,1H3,(H,26,27). The van der Waals surface area contributed by atoms with E-state index < -0.39 is 0 Å². The average Bonchev–Trinajstić information content (AvgIpc) is 2.72. The van der Waals surface area contributed by atoms with Crippen LogP contribution >= 0.6 is 0 Å². The monoisotopic (exact) mass is 359 g/mol. The van der Waals surface area contributed by atoms with Gasteiger partial charge >= 0.3 is 0 Å². The SMILES string of the molecule is Cc1ccc(CNC(=O)c2ccc(NCCCc3ccccc3)cn2)cc1. The molecule has 2 N–H and O–H groups in total. The zero-order chi connectivity index (χ0) is 18.9. The lowest BCUT2D eigenvalue weighted by Gasteiger charge is -2.08. The number of carbonyl (C=O) groups excluding carboxylic acids is 1. The van der Waals surface area contributed by atoms with Crippen LogP contribution in [0.2, 0.25) is 0 Å².